The number of aromatic nitrogens is 4. The number of nitrogens with two attached hydrogens (primary N) is 1. The third kappa shape index (κ3) is 3.94. The lowest BCUT2D eigenvalue weighted by atomic mass is 10.0. The van der Waals surface area contributed by atoms with Gasteiger partial charge in [-0.1, -0.05) is 39.7 Å². The third-order valence-electron chi connectivity index (χ3n) is 5.20. The van der Waals surface area contributed by atoms with Gasteiger partial charge in [0.1, 0.15) is 18.0 Å². The van der Waals surface area contributed by atoms with E-state index in [-0.39, 0.29) is 0 Å². The second-order valence-corrected chi connectivity index (χ2v) is 8.47. The molecule has 0 bridgehead atoms. The predicted molar refractivity (Wildman–Crippen MR) is 126 cm³/mol. The fraction of sp³-hybridized carbons (Fsp3) is 0.182. The molecule has 0 amide bonds. The number of rotatable bonds is 3. The highest BCUT2D eigenvalue weighted by molar-refractivity contribution is 9.10. The predicted octanol–water partition coefficient (Wildman–Crippen LogP) is 4.59. The van der Waals surface area contributed by atoms with Crippen molar-refractivity contribution in [3.63, 3.8) is 0 Å². The maximum absolute atomic E-state index is 6.61. The minimum atomic E-state index is 0.387. The maximum Gasteiger partial charge on any atom is 0.165 e. The molecule has 1 aliphatic rings. The summed E-state index contributed by atoms with van der Waals surface area (Å²) in [5, 5.41) is 1.29. The van der Waals surface area contributed by atoms with Gasteiger partial charge in [0.2, 0.25) is 0 Å². The van der Waals surface area contributed by atoms with Gasteiger partial charge in [-0.15, -0.1) is 0 Å². The van der Waals surface area contributed by atoms with Crippen molar-refractivity contribution in [1.29, 1.82) is 0 Å². The van der Waals surface area contributed by atoms with Gasteiger partial charge in [-0.2, -0.15) is 0 Å². The minimum Gasteiger partial charge on any atom is -0.383 e. The minimum absolute atomic E-state index is 0.387. The summed E-state index contributed by atoms with van der Waals surface area (Å²) >= 11 is 10.2. The molecule has 1 aliphatic heterocycles. The van der Waals surface area contributed by atoms with Crippen LogP contribution in [0.4, 0.5) is 11.6 Å². The number of pyridine rings is 2. The van der Waals surface area contributed by atoms with Crippen LogP contribution >= 0.6 is 27.5 Å². The van der Waals surface area contributed by atoms with Crippen molar-refractivity contribution in [1.82, 2.24) is 19.9 Å². The smallest absolute Gasteiger partial charge is 0.165 e. The van der Waals surface area contributed by atoms with Crippen LogP contribution < -0.4 is 10.6 Å². The van der Waals surface area contributed by atoms with E-state index < -0.39 is 0 Å². The lowest BCUT2D eigenvalue weighted by Gasteiger charge is -2.28. The number of benzene rings is 1. The molecule has 156 valence electrons. The molecule has 0 saturated carbocycles. The van der Waals surface area contributed by atoms with Gasteiger partial charge < -0.3 is 15.4 Å². The third-order valence-corrected chi connectivity index (χ3v) is 5.97. The van der Waals surface area contributed by atoms with E-state index in [1.165, 1.54) is 6.33 Å². The van der Waals surface area contributed by atoms with Crippen molar-refractivity contribution < 1.29 is 4.74 Å². The van der Waals surface area contributed by atoms with E-state index in [4.69, 9.17) is 27.1 Å². The number of morpholine rings is 1. The Morgan fingerprint density at radius 2 is 1.87 bits per heavy atom. The molecule has 9 heteroatoms. The van der Waals surface area contributed by atoms with Crippen LogP contribution in [0, 0.1) is 0 Å². The molecule has 5 rings (SSSR count). The zero-order chi connectivity index (χ0) is 21.4. The number of nitrogens with zero attached hydrogens (tertiary/aromatic N) is 5. The fourth-order valence-electron chi connectivity index (χ4n) is 3.70. The Morgan fingerprint density at radius 1 is 1.03 bits per heavy atom. The van der Waals surface area contributed by atoms with Gasteiger partial charge in [-0.3, -0.25) is 0 Å². The standard InChI is InChI=1S/C22H18BrClN6O/c23-15-3-1-2-13(8-15)16-10-18(29-21-19(16)20(25)27-12-28-21)14-9-17(24)22(26-11-14)30-4-6-31-7-5-30/h1-3,8-12H,4-7H2,(H2,25,27,28,29). The molecule has 0 aliphatic carbocycles. The Morgan fingerprint density at radius 3 is 2.65 bits per heavy atom. The van der Waals surface area contributed by atoms with Crippen molar-refractivity contribution in [2.24, 2.45) is 0 Å². The van der Waals surface area contributed by atoms with E-state index in [1.807, 2.05) is 36.4 Å². The van der Waals surface area contributed by atoms with Crippen LogP contribution in [-0.4, -0.2) is 46.2 Å². The number of halogens is 2. The molecule has 2 N–H and O–H groups in total. The number of anilines is 2. The van der Waals surface area contributed by atoms with Crippen molar-refractivity contribution in [3.8, 4) is 22.4 Å². The van der Waals surface area contributed by atoms with Gasteiger partial charge in [0.05, 0.1) is 29.3 Å². The van der Waals surface area contributed by atoms with Crippen molar-refractivity contribution in [2.45, 2.75) is 0 Å². The fourth-order valence-corrected chi connectivity index (χ4v) is 4.38. The van der Waals surface area contributed by atoms with Crippen LogP contribution in [0.15, 0.2) is 53.4 Å². The summed E-state index contributed by atoms with van der Waals surface area (Å²) in [6, 6.07) is 11.9. The molecule has 0 unspecified atom stereocenters. The highest BCUT2D eigenvalue weighted by Crippen LogP contribution is 2.36. The van der Waals surface area contributed by atoms with Crippen LogP contribution in [0.2, 0.25) is 5.02 Å². The van der Waals surface area contributed by atoms with Crippen LogP contribution in [0.1, 0.15) is 0 Å². The first-order valence-electron chi connectivity index (χ1n) is 9.76. The number of ether oxygens (including phenoxy) is 1. The lowest BCUT2D eigenvalue weighted by Crippen LogP contribution is -2.36. The first-order valence-corrected chi connectivity index (χ1v) is 10.9. The van der Waals surface area contributed by atoms with E-state index in [1.54, 1.807) is 6.20 Å². The Balaban J connectivity index is 1.65. The van der Waals surface area contributed by atoms with Crippen LogP contribution in [0.25, 0.3) is 33.4 Å². The second kappa shape index (κ2) is 8.37. The molecule has 3 aromatic heterocycles. The number of nitrogen functional groups attached to an aromatic ring is 1. The monoisotopic (exact) mass is 496 g/mol. The SMILES string of the molecule is Nc1ncnc2nc(-c3cnc(N4CCOCC4)c(Cl)c3)cc(-c3cccc(Br)c3)c12. The maximum atomic E-state index is 6.61. The molecule has 0 atom stereocenters. The molecule has 1 fully saturated rings. The topological polar surface area (TPSA) is 90.0 Å². The first-order chi connectivity index (χ1) is 15.1. The zero-order valence-electron chi connectivity index (χ0n) is 16.4. The van der Waals surface area contributed by atoms with E-state index in [0.29, 0.717) is 40.8 Å². The van der Waals surface area contributed by atoms with Crippen molar-refractivity contribution >= 4 is 50.2 Å². The zero-order valence-corrected chi connectivity index (χ0v) is 18.8. The van der Waals surface area contributed by atoms with E-state index in [2.05, 4.69) is 35.8 Å². The van der Waals surface area contributed by atoms with Gasteiger partial charge in [0, 0.05) is 29.3 Å². The Hall–Kier alpha value is -2.81. The molecule has 0 spiro atoms. The van der Waals surface area contributed by atoms with Gasteiger partial charge >= 0.3 is 0 Å². The summed E-state index contributed by atoms with van der Waals surface area (Å²) < 4.78 is 6.38. The van der Waals surface area contributed by atoms with Gasteiger partial charge in [0.15, 0.2) is 5.65 Å². The Labute approximate surface area is 192 Å². The average Bonchev–Trinajstić information content (AvgIpc) is 2.79. The summed E-state index contributed by atoms with van der Waals surface area (Å²) in [4.78, 5) is 20.0. The summed E-state index contributed by atoms with van der Waals surface area (Å²) in [7, 11) is 0. The summed E-state index contributed by atoms with van der Waals surface area (Å²) in [5.74, 6) is 1.14. The second-order valence-electron chi connectivity index (χ2n) is 7.15. The molecule has 1 aromatic carbocycles. The summed E-state index contributed by atoms with van der Waals surface area (Å²) in [6.07, 6.45) is 3.21. The lowest BCUT2D eigenvalue weighted by molar-refractivity contribution is 0.122. The molecular formula is C22H18BrClN6O. The highest BCUT2D eigenvalue weighted by Gasteiger charge is 2.18. The molecule has 31 heavy (non-hydrogen) atoms. The average molecular weight is 498 g/mol. The summed E-state index contributed by atoms with van der Waals surface area (Å²) in [5.41, 5.74) is 10.1. The molecule has 4 aromatic rings. The number of hydrogen-bond donors (Lipinski definition) is 1. The number of fused-ring (bicyclic) bond motifs is 1. The molecule has 1 saturated heterocycles. The van der Waals surface area contributed by atoms with Crippen LogP contribution in [-0.2, 0) is 4.74 Å². The van der Waals surface area contributed by atoms with Gasteiger partial charge in [-0.25, -0.2) is 19.9 Å². The molecule has 4 heterocycles. The Bertz CT molecular complexity index is 1280. The van der Waals surface area contributed by atoms with Crippen molar-refractivity contribution in [2.75, 3.05) is 36.9 Å². The van der Waals surface area contributed by atoms with E-state index in [0.717, 1.165) is 40.1 Å². The summed E-state index contributed by atoms with van der Waals surface area (Å²) in [6.45, 7) is 2.87. The van der Waals surface area contributed by atoms with Crippen LogP contribution in [0.3, 0.4) is 0 Å². The highest BCUT2D eigenvalue weighted by atomic mass is 79.9. The first kappa shape index (κ1) is 20.1. The number of hydrogen-bond acceptors (Lipinski definition) is 7. The normalized spacial score (nSPS) is 14.2. The van der Waals surface area contributed by atoms with Gasteiger partial charge in [0.25, 0.3) is 0 Å². The van der Waals surface area contributed by atoms with E-state index in [9.17, 15) is 0 Å². The quantitative estimate of drug-likeness (QED) is 0.443. The largest absolute Gasteiger partial charge is 0.383 e. The molecule has 0 radical (unpaired) electrons. The van der Waals surface area contributed by atoms with E-state index >= 15 is 0 Å². The van der Waals surface area contributed by atoms with Gasteiger partial charge in [-0.05, 0) is 35.4 Å². The van der Waals surface area contributed by atoms with Crippen LogP contribution in [0.5, 0.6) is 0 Å². The molecule has 7 nitrogen and oxygen atoms in total. The molecular weight excluding hydrogens is 480 g/mol. The Kier molecular flexibility index (Phi) is 5.43. The van der Waals surface area contributed by atoms with Crippen molar-refractivity contribution in [3.05, 3.63) is 58.4 Å².